The molecule has 1 aromatic carbocycles. The molecule has 3 rings (SSSR count). The van der Waals surface area contributed by atoms with Gasteiger partial charge in [-0.1, -0.05) is 37.3 Å². The lowest BCUT2D eigenvalue weighted by molar-refractivity contribution is 0.728. The van der Waals surface area contributed by atoms with Crippen LogP contribution in [0.5, 0.6) is 0 Å². The van der Waals surface area contributed by atoms with Gasteiger partial charge in [-0.05, 0) is 34.0 Å². The molecule has 19 heavy (non-hydrogen) atoms. The quantitative estimate of drug-likeness (QED) is 0.768. The van der Waals surface area contributed by atoms with E-state index in [-0.39, 0.29) is 0 Å². The Morgan fingerprint density at radius 2 is 2.00 bits per heavy atom. The van der Waals surface area contributed by atoms with Crippen molar-refractivity contribution in [3.8, 4) is 0 Å². The minimum atomic E-state index is 0.410. The lowest BCUT2D eigenvalue weighted by Gasteiger charge is -2.13. The second-order valence-corrected chi connectivity index (χ2v) is 4.44. The van der Waals surface area contributed by atoms with Crippen molar-refractivity contribution in [3.05, 3.63) is 48.0 Å². The number of benzene rings is 1. The third-order valence-corrected chi connectivity index (χ3v) is 3.03. The molecule has 0 bridgehead atoms. The zero-order valence-electron chi connectivity index (χ0n) is 10.6. The zero-order valence-corrected chi connectivity index (χ0v) is 10.6. The van der Waals surface area contributed by atoms with Crippen LogP contribution in [0.2, 0.25) is 0 Å². The summed E-state index contributed by atoms with van der Waals surface area (Å²) in [5.74, 6) is 1.18. The van der Waals surface area contributed by atoms with E-state index in [1.165, 1.54) is 10.2 Å². The van der Waals surface area contributed by atoms with Gasteiger partial charge in [-0.3, -0.25) is 0 Å². The van der Waals surface area contributed by atoms with Gasteiger partial charge in [-0.2, -0.15) is 0 Å². The van der Waals surface area contributed by atoms with E-state index in [0.717, 1.165) is 12.4 Å². The summed E-state index contributed by atoms with van der Waals surface area (Å²) >= 11 is 0. The number of aromatic nitrogens is 5. The predicted molar refractivity (Wildman–Crippen MR) is 71.9 cm³/mol. The van der Waals surface area contributed by atoms with Gasteiger partial charge in [0, 0.05) is 6.54 Å². The van der Waals surface area contributed by atoms with E-state index >= 15 is 0 Å². The number of anilines is 1. The van der Waals surface area contributed by atoms with Crippen LogP contribution in [-0.2, 0) is 0 Å². The number of fused-ring (bicyclic) bond motifs is 1. The Labute approximate surface area is 110 Å². The molecular formula is C13H14N6. The molecule has 96 valence electrons. The Hall–Kier alpha value is -2.50. The molecule has 2 aromatic heterocycles. The maximum absolute atomic E-state index is 4.27. The molecule has 0 saturated heterocycles. The van der Waals surface area contributed by atoms with Gasteiger partial charge in [0.1, 0.15) is 5.82 Å². The fourth-order valence-electron chi connectivity index (χ4n) is 1.90. The van der Waals surface area contributed by atoms with E-state index < -0.39 is 0 Å². The van der Waals surface area contributed by atoms with Crippen molar-refractivity contribution in [1.82, 2.24) is 25.3 Å². The maximum Gasteiger partial charge on any atom is 0.200 e. The molecule has 6 heteroatoms. The Balaban J connectivity index is 1.68. The van der Waals surface area contributed by atoms with Crippen LogP contribution in [0.1, 0.15) is 18.4 Å². The van der Waals surface area contributed by atoms with E-state index in [0.29, 0.717) is 11.6 Å². The summed E-state index contributed by atoms with van der Waals surface area (Å²) in [5, 5.41) is 18.7. The van der Waals surface area contributed by atoms with Gasteiger partial charge in [-0.15, -0.1) is 14.8 Å². The Bertz CT molecular complexity index is 663. The van der Waals surface area contributed by atoms with Crippen molar-refractivity contribution >= 4 is 11.5 Å². The highest BCUT2D eigenvalue weighted by Crippen LogP contribution is 2.15. The largest absolute Gasteiger partial charge is 0.368 e. The molecule has 0 unspecified atom stereocenters. The summed E-state index contributed by atoms with van der Waals surface area (Å²) in [4.78, 5) is 0. The average molecular weight is 254 g/mol. The summed E-state index contributed by atoms with van der Waals surface area (Å²) in [7, 11) is 0. The second-order valence-electron chi connectivity index (χ2n) is 4.44. The molecule has 1 atom stereocenters. The van der Waals surface area contributed by atoms with Gasteiger partial charge in [0.2, 0.25) is 0 Å². The van der Waals surface area contributed by atoms with Crippen molar-refractivity contribution in [2.24, 2.45) is 0 Å². The van der Waals surface area contributed by atoms with Gasteiger partial charge in [-0.25, -0.2) is 0 Å². The lowest BCUT2D eigenvalue weighted by Crippen LogP contribution is -2.12. The normalized spacial score (nSPS) is 12.5. The standard InChI is InChI=1S/C13H14N6/c1-10(11-5-3-2-4-6-11)9-14-12-7-8-13-15-17-18-19(13)16-12/h2-8,10H,9H2,1H3,(H,14,16)/t10-/m1/s1. The van der Waals surface area contributed by atoms with Crippen molar-refractivity contribution in [1.29, 1.82) is 0 Å². The van der Waals surface area contributed by atoms with Crippen LogP contribution in [0, 0.1) is 0 Å². The summed E-state index contributed by atoms with van der Waals surface area (Å²) in [6, 6.07) is 14.1. The molecule has 0 saturated carbocycles. The number of tetrazole rings is 1. The molecule has 2 heterocycles. The smallest absolute Gasteiger partial charge is 0.200 e. The molecule has 0 radical (unpaired) electrons. The molecular weight excluding hydrogens is 240 g/mol. The minimum absolute atomic E-state index is 0.410. The summed E-state index contributed by atoms with van der Waals surface area (Å²) in [6.07, 6.45) is 0. The monoisotopic (exact) mass is 254 g/mol. The van der Waals surface area contributed by atoms with Crippen LogP contribution < -0.4 is 5.32 Å². The van der Waals surface area contributed by atoms with E-state index in [1.807, 2.05) is 18.2 Å². The molecule has 0 spiro atoms. The predicted octanol–water partition coefficient (Wildman–Crippen LogP) is 1.73. The molecule has 6 nitrogen and oxygen atoms in total. The van der Waals surface area contributed by atoms with Gasteiger partial charge in [0.25, 0.3) is 0 Å². The van der Waals surface area contributed by atoms with Gasteiger partial charge >= 0.3 is 0 Å². The van der Waals surface area contributed by atoms with Crippen LogP contribution in [0.15, 0.2) is 42.5 Å². The number of nitrogens with zero attached hydrogens (tertiary/aromatic N) is 5. The van der Waals surface area contributed by atoms with Crippen LogP contribution in [0.4, 0.5) is 5.82 Å². The van der Waals surface area contributed by atoms with Crippen molar-refractivity contribution < 1.29 is 0 Å². The maximum atomic E-state index is 4.27. The molecule has 0 fully saturated rings. The van der Waals surface area contributed by atoms with Gasteiger partial charge in [0.15, 0.2) is 5.65 Å². The molecule has 3 aromatic rings. The summed E-state index contributed by atoms with van der Waals surface area (Å²) in [6.45, 7) is 2.99. The summed E-state index contributed by atoms with van der Waals surface area (Å²) < 4.78 is 1.41. The zero-order chi connectivity index (χ0) is 13.1. The number of hydrogen-bond acceptors (Lipinski definition) is 5. The van der Waals surface area contributed by atoms with Crippen molar-refractivity contribution in [2.45, 2.75) is 12.8 Å². The minimum Gasteiger partial charge on any atom is -0.368 e. The van der Waals surface area contributed by atoms with Crippen molar-refractivity contribution in [3.63, 3.8) is 0 Å². The Morgan fingerprint density at radius 1 is 1.16 bits per heavy atom. The van der Waals surface area contributed by atoms with E-state index in [2.05, 4.69) is 57.1 Å². The van der Waals surface area contributed by atoms with Crippen LogP contribution >= 0.6 is 0 Å². The Kier molecular flexibility index (Phi) is 3.06. The second kappa shape index (κ2) is 5.01. The summed E-state index contributed by atoms with van der Waals surface area (Å²) in [5.41, 5.74) is 1.94. The lowest BCUT2D eigenvalue weighted by atomic mass is 10.0. The first-order valence-corrected chi connectivity index (χ1v) is 6.17. The van der Waals surface area contributed by atoms with Gasteiger partial charge in [0.05, 0.1) is 0 Å². The highest BCUT2D eigenvalue weighted by molar-refractivity contribution is 5.42. The third-order valence-electron chi connectivity index (χ3n) is 3.03. The van der Waals surface area contributed by atoms with Crippen molar-refractivity contribution in [2.75, 3.05) is 11.9 Å². The molecule has 0 amide bonds. The first kappa shape index (κ1) is 11.6. The molecule has 1 N–H and O–H groups in total. The molecule has 0 aliphatic carbocycles. The van der Waals surface area contributed by atoms with E-state index in [4.69, 9.17) is 0 Å². The first-order chi connectivity index (χ1) is 9.33. The number of nitrogens with one attached hydrogen (secondary N) is 1. The molecule has 0 aliphatic heterocycles. The van der Waals surface area contributed by atoms with E-state index in [1.54, 1.807) is 0 Å². The van der Waals surface area contributed by atoms with E-state index in [9.17, 15) is 0 Å². The Morgan fingerprint density at radius 3 is 2.84 bits per heavy atom. The fourth-order valence-corrected chi connectivity index (χ4v) is 1.90. The topological polar surface area (TPSA) is 68.0 Å². The highest BCUT2D eigenvalue weighted by atomic mass is 15.6. The first-order valence-electron chi connectivity index (χ1n) is 6.17. The molecule has 0 aliphatic rings. The highest BCUT2D eigenvalue weighted by Gasteiger charge is 2.06. The number of hydrogen-bond donors (Lipinski definition) is 1. The van der Waals surface area contributed by atoms with Gasteiger partial charge < -0.3 is 5.32 Å². The number of rotatable bonds is 4. The van der Waals surface area contributed by atoms with Crippen LogP contribution in [-0.4, -0.2) is 31.8 Å². The fraction of sp³-hybridized carbons (Fsp3) is 0.231. The third kappa shape index (κ3) is 2.52. The van der Waals surface area contributed by atoms with Crippen LogP contribution in [0.25, 0.3) is 5.65 Å². The SMILES string of the molecule is C[C@H](CNc1ccc2nnnn2n1)c1ccccc1. The average Bonchev–Trinajstić information content (AvgIpc) is 2.93. The van der Waals surface area contributed by atoms with Crippen LogP contribution in [0.3, 0.4) is 0 Å².